The highest BCUT2D eigenvalue weighted by atomic mass is 19.1. The van der Waals surface area contributed by atoms with Crippen LogP contribution in [0.15, 0.2) is 36.5 Å². The molecule has 1 heterocycles. The Bertz CT molecular complexity index is 704. The smallest absolute Gasteiger partial charge is 0.338 e. The summed E-state index contributed by atoms with van der Waals surface area (Å²) in [5.74, 6) is -2.75. The second kappa shape index (κ2) is 6.10. The summed E-state index contributed by atoms with van der Waals surface area (Å²) in [7, 11) is 0. The maximum atomic E-state index is 13.5. The van der Waals surface area contributed by atoms with Crippen LogP contribution in [0.1, 0.15) is 26.4 Å². The average molecular weight is 289 g/mol. The summed E-state index contributed by atoms with van der Waals surface area (Å²) >= 11 is 0. The van der Waals surface area contributed by atoms with Crippen LogP contribution in [-0.2, 0) is 6.54 Å². The van der Waals surface area contributed by atoms with Gasteiger partial charge in [0.05, 0.1) is 11.3 Å². The third kappa shape index (κ3) is 3.40. The van der Waals surface area contributed by atoms with Gasteiger partial charge in [0.2, 0.25) is 0 Å². The predicted octanol–water partition coefficient (Wildman–Crippen LogP) is 1.63. The van der Waals surface area contributed by atoms with E-state index in [1.807, 2.05) is 0 Å². The molecule has 0 aliphatic rings. The number of aromatic carboxylic acids is 1. The highest BCUT2D eigenvalue weighted by Gasteiger charge is 2.12. The lowest BCUT2D eigenvalue weighted by Gasteiger charge is -2.07. The van der Waals surface area contributed by atoms with Crippen LogP contribution >= 0.6 is 0 Å². The number of pyridine rings is 1. The molecule has 0 unspecified atom stereocenters. The Balaban J connectivity index is 2.19. The maximum Gasteiger partial charge on any atom is 0.338 e. The molecule has 4 N–H and O–H groups in total. The average Bonchev–Trinajstić information content (AvgIpc) is 2.47. The van der Waals surface area contributed by atoms with E-state index in [9.17, 15) is 14.0 Å². The fraction of sp³-hybridized carbons (Fsp3) is 0.0714. The molecule has 0 bridgehead atoms. The first-order valence-electron chi connectivity index (χ1n) is 6.00. The molecule has 2 rings (SSSR count). The topological polar surface area (TPSA) is 105 Å². The Morgan fingerprint density at radius 3 is 2.67 bits per heavy atom. The lowest BCUT2D eigenvalue weighted by molar-refractivity contribution is 0.0692. The lowest BCUT2D eigenvalue weighted by Crippen LogP contribution is -2.13. The number of carbonyl (C=O) groups is 2. The van der Waals surface area contributed by atoms with Gasteiger partial charge in [-0.1, -0.05) is 0 Å². The maximum absolute atomic E-state index is 13.5. The van der Waals surface area contributed by atoms with E-state index in [-0.39, 0.29) is 12.2 Å². The van der Waals surface area contributed by atoms with Gasteiger partial charge in [-0.2, -0.15) is 0 Å². The number of hydrogen-bond donors (Lipinski definition) is 3. The molecule has 0 aliphatic carbocycles. The fourth-order valence-corrected chi connectivity index (χ4v) is 1.70. The number of carbonyl (C=O) groups excluding carboxylic acids is 1. The second-order valence-electron chi connectivity index (χ2n) is 4.19. The number of hydrogen-bond acceptors (Lipinski definition) is 4. The summed E-state index contributed by atoms with van der Waals surface area (Å²) < 4.78 is 13.5. The number of halogens is 1. The molecule has 0 spiro atoms. The number of carboxylic acids is 1. The molecule has 0 radical (unpaired) electrons. The molecule has 7 heteroatoms. The van der Waals surface area contributed by atoms with Crippen molar-refractivity contribution < 1.29 is 19.1 Å². The van der Waals surface area contributed by atoms with Crippen LogP contribution in [0.4, 0.5) is 10.1 Å². The summed E-state index contributed by atoms with van der Waals surface area (Å²) in [5.41, 5.74) is 6.02. The molecule has 0 atom stereocenters. The van der Waals surface area contributed by atoms with Crippen molar-refractivity contribution in [3.8, 4) is 0 Å². The minimum Gasteiger partial charge on any atom is -0.478 e. The fourth-order valence-electron chi connectivity index (χ4n) is 1.70. The Hall–Kier alpha value is -2.80. The number of nitrogens with one attached hydrogen (secondary N) is 1. The van der Waals surface area contributed by atoms with Gasteiger partial charge < -0.3 is 16.2 Å². The molecule has 1 aromatic carbocycles. The zero-order valence-electron chi connectivity index (χ0n) is 10.8. The number of aromatic nitrogens is 1. The van der Waals surface area contributed by atoms with E-state index >= 15 is 0 Å². The van der Waals surface area contributed by atoms with Crippen molar-refractivity contribution in [2.75, 3.05) is 5.32 Å². The van der Waals surface area contributed by atoms with Gasteiger partial charge in [0.25, 0.3) is 5.91 Å². The minimum absolute atomic E-state index is 0.161. The summed E-state index contributed by atoms with van der Waals surface area (Å²) in [6, 6.07) is 6.38. The van der Waals surface area contributed by atoms with Crippen LogP contribution in [-0.4, -0.2) is 22.0 Å². The normalized spacial score (nSPS) is 10.2. The molecule has 108 valence electrons. The summed E-state index contributed by atoms with van der Waals surface area (Å²) in [4.78, 5) is 26.7. The molecule has 0 fully saturated rings. The summed E-state index contributed by atoms with van der Waals surface area (Å²) in [6.07, 6.45) is 1.45. The van der Waals surface area contributed by atoms with Crippen molar-refractivity contribution in [2.45, 2.75) is 6.54 Å². The highest BCUT2D eigenvalue weighted by molar-refractivity contribution is 6.04. The van der Waals surface area contributed by atoms with Crippen molar-refractivity contribution in [3.63, 3.8) is 0 Å². The first-order valence-corrected chi connectivity index (χ1v) is 6.00. The van der Waals surface area contributed by atoms with Crippen LogP contribution in [0.5, 0.6) is 0 Å². The number of benzene rings is 1. The van der Waals surface area contributed by atoms with Crippen LogP contribution in [0, 0.1) is 5.82 Å². The largest absolute Gasteiger partial charge is 0.478 e. The van der Waals surface area contributed by atoms with Crippen LogP contribution in [0.3, 0.4) is 0 Å². The molecule has 21 heavy (non-hydrogen) atoms. The highest BCUT2D eigenvalue weighted by Crippen LogP contribution is 2.15. The van der Waals surface area contributed by atoms with Crippen molar-refractivity contribution in [1.82, 2.24) is 4.98 Å². The first-order chi connectivity index (χ1) is 10.0. The van der Waals surface area contributed by atoms with Gasteiger partial charge in [-0.25, -0.2) is 9.18 Å². The van der Waals surface area contributed by atoms with Gasteiger partial charge in [0.15, 0.2) is 0 Å². The van der Waals surface area contributed by atoms with E-state index in [1.165, 1.54) is 24.4 Å². The van der Waals surface area contributed by atoms with E-state index in [2.05, 4.69) is 10.3 Å². The van der Waals surface area contributed by atoms with E-state index in [4.69, 9.17) is 10.8 Å². The molecular weight excluding hydrogens is 277 g/mol. The molecule has 0 aliphatic heterocycles. The predicted molar refractivity (Wildman–Crippen MR) is 73.4 cm³/mol. The molecule has 6 nitrogen and oxygen atoms in total. The van der Waals surface area contributed by atoms with Crippen molar-refractivity contribution >= 4 is 17.6 Å². The number of nitrogens with two attached hydrogens (primary N) is 1. The Morgan fingerprint density at radius 2 is 2.05 bits per heavy atom. The number of rotatable bonds is 4. The van der Waals surface area contributed by atoms with Gasteiger partial charge in [0.1, 0.15) is 5.82 Å². The Labute approximate surface area is 119 Å². The minimum atomic E-state index is -1.37. The van der Waals surface area contributed by atoms with Crippen LogP contribution < -0.4 is 11.1 Å². The van der Waals surface area contributed by atoms with Gasteiger partial charge in [0, 0.05) is 24.0 Å². The van der Waals surface area contributed by atoms with Gasteiger partial charge in [-0.05, 0) is 30.3 Å². The van der Waals surface area contributed by atoms with Crippen molar-refractivity contribution in [3.05, 3.63) is 59.2 Å². The van der Waals surface area contributed by atoms with Crippen LogP contribution in [0.25, 0.3) is 0 Å². The first kappa shape index (κ1) is 14.6. The third-order valence-electron chi connectivity index (χ3n) is 2.75. The standard InChI is InChI=1S/C14H12FN3O3/c15-12-6-9(1-2-11(12)14(20)21)18-13(19)8-3-4-17-10(5-8)7-16/h1-6H,7,16H2,(H,18,19)(H,20,21). The molecule has 1 aromatic heterocycles. The lowest BCUT2D eigenvalue weighted by atomic mass is 10.1. The quantitative estimate of drug-likeness (QED) is 0.793. The zero-order chi connectivity index (χ0) is 15.4. The van der Waals surface area contributed by atoms with E-state index in [1.54, 1.807) is 0 Å². The van der Waals surface area contributed by atoms with Gasteiger partial charge in [-0.3, -0.25) is 9.78 Å². The second-order valence-corrected chi connectivity index (χ2v) is 4.19. The van der Waals surface area contributed by atoms with Gasteiger partial charge >= 0.3 is 5.97 Å². The Kier molecular flexibility index (Phi) is 4.24. The van der Waals surface area contributed by atoms with E-state index in [0.29, 0.717) is 11.3 Å². The number of nitrogens with zero attached hydrogens (tertiary/aromatic N) is 1. The van der Waals surface area contributed by atoms with Crippen molar-refractivity contribution in [2.24, 2.45) is 5.73 Å². The number of carboxylic acid groups (broad SMARTS) is 1. The molecule has 2 aromatic rings. The van der Waals surface area contributed by atoms with Crippen molar-refractivity contribution in [1.29, 1.82) is 0 Å². The zero-order valence-corrected chi connectivity index (χ0v) is 10.8. The van der Waals surface area contributed by atoms with E-state index < -0.39 is 23.3 Å². The SMILES string of the molecule is NCc1cc(C(=O)Nc2ccc(C(=O)O)c(F)c2)ccn1. The summed E-state index contributed by atoms with van der Waals surface area (Å²) in [5, 5.41) is 11.2. The summed E-state index contributed by atoms with van der Waals surface area (Å²) in [6.45, 7) is 0.197. The van der Waals surface area contributed by atoms with E-state index in [0.717, 1.165) is 12.1 Å². The molecule has 0 saturated carbocycles. The molecular formula is C14H12FN3O3. The van der Waals surface area contributed by atoms with Gasteiger partial charge in [-0.15, -0.1) is 0 Å². The number of amides is 1. The monoisotopic (exact) mass is 289 g/mol. The van der Waals surface area contributed by atoms with Crippen LogP contribution in [0.2, 0.25) is 0 Å². The third-order valence-corrected chi connectivity index (χ3v) is 2.75. The Morgan fingerprint density at radius 1 is 1.29 bits per heavy atom. The number of anilines is 1. The molecule has 1 amide bonds. The molecule has 0 saturated heterocycles.